The van der Waals surface area contributed by atoms with Gasteiger partial charge in [0, 0.05) is 30.9 Å². The SMILES string of the molecule is COc1ccccc1C(=O)N(C)CCc1noc(-c2cc3ccccc3[nH]2)n1. The van der Waals surface area contributed by atoms with Gasteiger partial charge in [-0.25, -0.2) is 0 Å². The summed E-state index contributed by atoms with van der Waals surface area (Å²) in [4.78, 5) is 22.0. The molecule has 2 heterocycles. The van der Waals surface area contributed by atoms with Gasteiger partial charge in [0.2, 0.25) is 0 Å². The monoisotopic (exact) mass is 376 g/mol. The third-order valence-corrected chi connectivity index (χ3v) is 4.58. The molecule has 0 aliphatic carbocycles. The van der Waals surface area contributed by atoms with E-state index in [-0.39, 0.29) is 5.91 Å². The van der Waals surface area contributed by atoms with E-state index in [1.807, 2.05) is 42.5 Å². The van der Waals surface area contributed by atoms with Crippen LogP contribution in [0.2, 0.25) is 0 Å². The molecule has 4 rings (SSSR count). The van der Waals surface area contributed by atoms with Crippen LogP contribution in [0.25, 0.3) is 22.5 Å². The molecule has 1 amide bonds. The van der Waals surface area contributed by atoms with Crippen LogP contribution in [0, 0.1) is 0 Å². The van der Waals surface area contributed by atoms with Crippen molar-refractivity contribution in [1.29, 1.82) is 0 Å². The average Bonchev–Trinajstić information content (AvgIpc) is 3.38. The Kier molecular flexibility index (Phi) is 4.80. The molecule has 0 saturated heterocycles. The number of aromatic amines is 1. The number of nitrogens with one attached hydrogen (secondary N) is 1. The molecule has 0 spiro atoms. The van der Waals surface area contributed by atoms with Gasteiger partial charge in [-0.05, 0) is 24.3 Å². The highest BCUT2D eigenvalue weighted by Gasteiger charge is 2.17. The number of rotatable bonds is 6. The average molecular weight is 376 g/mol. The smallest absolute Gasteiger partial charge is 0.274 e. The number of amides is 1. The first-order valence-electron chi connectivity index (χ1n) is 8.95. The molecule has 4 aromatic rings. The fourth-order valence-corrected chi connectivity index (χ4v) is 3.05. The molecule has 0 fully saturated rings. The first kappa shape index (κ1) is 17.8. The summed E-state index contributed by atoms with van der Waals surface area (Å²) in [6.45, 7) is 0.461. The van der Waals surface area contributed by atoms with Gasteiger partial charge in [0.25, 0.3) is 11.8 Å². The zero-order chi connectivity index (χ0) is 19.5. The fourth-order valence-electron chi connectivity index (χ4n) is 3.05. The summed E-state index contributed by atoms with van der Waals surface area (Å²) in [6, 6.07) is 17.1. The number of fused-ring (bicyclic) bond motifs is 1. The number of ether oxygens (including phenoxy) is 1. The minimum atomic E-state index is -0.114. The molecule has 2 aromatic carbocycles. The third kappa shape index (κ3) is 3.46. The number of aromatic nitrogens is 3. The molecule has 7 heteroatoms. The molecular formula is C21H20N4O3. The molecule has 0 atom stereocenters. The lowest BCUT2D eigenvalue weighted by molar-refractivity contribution is 0.0792. The lowest BCUT2D eigenvalue weighted by atomic mass is 10.1. The van der Waals surface area contributed by atoms with E-state index in [4.69, 9.17) is 9.26 Å². The Hall–Kier alpha value is -3.61. The second kappa shape index (κ2) is 7.56. The van der Waals surface area contributed by atoms with Gasteiger partial charge in [0.1, 0.15) is 11.4 Å². The van der Waals surface area contributed by atoms with Crippen LogP contribution < -0.4 is 4.74 Å². The van der Waals surface area contributed by atoms with Crippen LogP contribution >= 0.6 is 0 Å². The van der Waals surface area contributed by atoms with E-state index in [1.54, 1.807) is 31.2 Å². The zero-order valence-electron chi connectivity index (χ0n) is 15.7. The summed E-state index contributed by atoms with van der Waals surface area (Å²) in [6.07, 6.45) is 0.487. The lowest BCUT2D eigenvalue weighted by Gasteiger charge is -2.17. The third-order valence-electron chi connectivity index (χ3n) is 4.58. The van der Waals surface area contributed by atoms with Crippen molar-refractivity contribution in [2.75, 3.05) is 20.7 Å². The van der Waals surface area contributed by atoms with Gasteiger partial charge >= 0.3 is 0 Å². The molecule has 0 bridgehead atoms. The number of hydrogen-bond donors (Lipinski definition) is 1. The first-order valence-corrected chi connectivity index (χ1v) is 8.95. The molecule has 28 heavy (non-hydrogen) atoms. The van der Waals surface area contributed by atoms with Crippen LogP contribution in [0.15, 0.2) is 59.1 Å². The van der Waals surface area contributed by atoms with Crippen molar-refractivity contribution in [1.82, 2.24) is 20.0 Å². The molecule has 2 aromatic heterocycles. The highest BCUT2D eigenvalue weighted by Crippen LogP contribution is 2.23. The molecule has 0 aliphatic rings. The second-order valence-electron chi connectivity index (χ2n) is 6.46. The predicted octanol–water partition coefficient (Wildman–Crippen LogP) is 3.54. The summed E-state index contributed by atoms with van der Waals surface area (Å²) in [7, 11) is 3.30. The molecular weight excluding hydrogens is 356 g/mol. The topological polar surface area (TPSA) is 84.2 Å². The highest BCUT2D eigenvalue weighted by atomic mass is 16.5. The Morgan fingerprint density at radius 3 is 2.79 bits per heavy atom. The van der Waals surface area contributed by atoms with E-state index in [2.05, 4.69) is 15.1 Å². The number of carbonyl (C=O) groups is 1. The van der Waals surface area contributed by atoms with Crippen LogP contribution in [0.3, 0.4) is 0 Å². The van der Waals surface area contributed by atoms with Gasteiger partial charge in [-0.15, -0.1) is 0 Å². The number of carbonyl (C=O) groups excluding carboxylic acids is 1. The maximum absolute atomic E-state index is 12.6. The number of likely N-dealkylation sites (N-methyl/N-ethyl adjacent to an activating group) is 1. The second-order valence-corrected chi connectivity index (χ2v) is 6.46. The molecule has 0 saturated carbocycles. The van der Waals surface area contributed by atoms with E-state index >= 15 is 0 Å². The van der Waals surface area contributed by atoms with E-state index < -0.39 is 0 Å². The summed E-state index contributed by atoms with van der Waals surface area (Å²) in [5.74, 6) is 1.43. The number of H-pyrrole nitrogens is 1. The Morgan fingerprint density at radius 2 is 1.96 bits per heavy atom. The number of para-hydroxylation sites is 2. The van der Waals surface area contributed by atoms with Crippen molar-refractivity contribution >= 4 is 16.8 Å². The van der Waals surface area contributed by atoms with Gasteiger partial charge in [-0.3, -0.25) is 4.79 Å². The Bertz CT molecular complexity index is 1080. The van der Waals surface area contributed by atoms with E-state index in [0.717, 1.165) is 16.6 Å². The van der Waals surface area contributed by atoms with Crippen LogP contribution in [0.5, 0.6) is 5.75 Å². The van der Waals surface area contributed by atoms with Crippen molar-refractivity contribution in [3.05, 3.63) is 66.0 Å². The summed E-state index contributed by atoms with van der Waals surface area (Å²) in [5, 5.41) is 5.11. The van der Waals surface area contributed by atoms with Gasteiger partial charge in [0.15, 0.2) is 5.82 Å². The quantitative estimate of drug-likeness (QED) is 0.556. The molecule has 1 N–H and O–H groups in total. The molecule has 142 valence electrons. The zero-order valence-corrected chi connectivity index (χ0v) is 15.7. The van der Waals surface area contributed by atoms with Crippen LogP contribution in [-0.4, -0.2) is 46.6 Å². The van der Waals surface area contributed by atoms with Crippen molar-refractivity contribution in [3.63, 3.8) is 0 Å². The van der Waals surface area contributed by atoms with Gasteiger partial charge in [-0.1, -0.05) is 35.5 Å². The number of methoxy groups -OCH3 is 1. The summed E-state index contributed by atoms with van der Waals surface area (Å²) < 4.78 is 10.6. The number of benzene rings is 2. The standard InChI is InChI=1S/C21H20N4O3/c1-25(21(26)15-8-4-6-10-18(15)27-2)12-11-19-23-20(28-24-19)17-13-14-7-3-5-9-16(14)22-17/h3-10,13,22H,11-12H2,1-2H3. The summed E-state index contributed by atoms with van der Waals surface area (Å²) in [5.41, 5.74) is 2.32. The predicted molar refractivity (Wildman–Crippen MR) is 105 cm³/mol. The van der Waals surface area contributed by atoms with Crippen LogP contribution in [-0.2, 0) is 6.42 Å². The van der Waals surface area contributed by atoms with Gasteiger partial charge < -0.3 is 19.1 Å². The van der Waals surface area contributed by atoms with Crippen molar-refractivity contribution in [3.8, 4) is 17.3 Å². The largest absolute Gasteiger partial charge is 0.496 e. The first-order chi connectivity index (χ1) is 13.7. The van der Waals surface area contributed by atoms with Crippen LogP contribution in [0.4, 0.5) is 0 Å². The molecule has 7 nitrogen and oxygen atoms in total. The maximum atomic E-state index is 12.6. The van der Waals surface area contributed by atoms with E-state index in [9.17, 15) is 4.79 Å². The van der Waals surface area contributed by atoms with E-state index in [0.29, 0.717) is 36.0 Å². The van der Waals surface area contributed by atoms with Gasteiger partial charge in [0.05, 0.1) is 12.7 Å². The van der Waals surface area contributed by atoms with Gasteiger partial charge in [-0.2, -0.15) is 4.98 Å². The van der Waals surface area contributed by atoms with E-state index in [1.165, 1.54) is 0 Å². The fraction of sp³-hybridized carbons (Fsp3) is 0.190. The molecule has 0 aliphatic heterocycles. The van der Waals surface area contributed by atoms with Crippen molar-refractivity contribution in [2.45, 2.75) is 6.42 Å². The number of nitrogens with zero attached hydrogens (tertiary/aromatic N) is 3. The molecule has 0 unspecified atom stereocenters. The maximum Gasteiger partial charge on any atom is 0.274 e. The Balaban J connectivity index is 1.43. The number of hydrogen-bond acceptors (Lipinski definition) is 5. The lowest BCUT2D eigenvalue weighted by Crippen LogP contribution is -2.29. The van der Waals surface area contributed by atoms with Crippen LogP contribution in [0.1, 0.15) is 16.2 Å². The van der Waals surface area contributed by atoms with Crippen molar-refractivity contribution < 1.29 is 14.1 Å². The minimum Gasteiger partial charge on any atom is -0.496 e. The Morgan fingerprint density at radius 1 is 1.18 bits per heavy atom. The normalized spacial score (nSPS) is 10.9. The summed E-state index contributed by atoms with van der Waals surface area (Å²) >= 11 is 0. The molecule has 0 radical (unpaired) electrons. The minimum absolute atomic E-state index is 0.114. The Labute approximate surface area is 161 Å². The van der Waals surface area contributed by atoms with Crippen molar-refractivity contribution in [2.24, 2.45) is 0 Å². The highest BCUT2D eigenvalue weighted by molar-refractivity contribution is 5.96.